The highest BCUT2D eigenvalue weighted by Crippen LogP contribution is 2.18. The van der Waals surface area contributed by atoms with Crippen molar-refractivity contribution in [3.05, 3.63) is 71.8 Å². The zero-order valence-electron chi connectivity index (χ0n) is 13.7. The fraction of sp³-hybridized carbons (Fsp3) is 0.400. The van der Waals surface area contributed by atoms with E-state index in [-0.39, 0.29) is 12.6 Å². The summed E-state index contributed by atoms with van der Waals surface area (Å²) in [6.07, 6.45) is 1.01. The van der Waals surface area contributed by atoms with Crippen LogP contribution in [0.1, 0.15) is 31.4 Å². The SMILES string of the molecule is CC(C)CC(CO)N(Cc1ccccc1)Cc1ccccc1. The smallest absolute Gasteiger partial charge is 0.0587 e. The van der Waals surface area contributed by atoms with Gasteiger partial charge >= 0.3 is 0 Å². The van der Waals surface area contributed by atoms with E-state index < -0.39 is 0 Å². The fourth-order valence-electron chi connectivity index (χ4n) is 2.83. The van der Waals surface area contributed by atoms with Crippen molar-refractivity contribution in [1.82, 2.24) is 4.90 Å². The fourth-order valence-corrected chi connectivity index (χ4v) is 2.83. The average Bonchev–Trinajstić information content (AvgIpc) is 2.54. The quantitative estimate of drug-likeness (QED) is 0.793. The average molecular weight is 297 g/mol. The molecule has 0 aliphatic rings. The van der Waals surface area contributed by atoms with Crippen molar-refractivity contribution in [1.29, 1.82) is 0 Å². The summed E-state index contributed by atoms with van der Waals surface area (Å²) in [5.74, 6) is 0.575. The first kappa shape index (κ1) is 16.7. The zero-order chi connectivity index (χ0) is 15.8. The van der Waals surface area contributed by atoms with Gasteiger partial charge in [0, 0.05) is 19.1 Å². The molecular weight excluding hydrogens is 270 g/mol. The highest BCUT2D eigenvalue weighted by Gasteiger charge is 2.19. The number of aliphatic hydroxyl groups is 1. The molecule has 118 valence electrons. The Hall–Kier alpha value is -1.64. The summed E-state index contributed by atoms with van der Waals surface area (Å²) in [6, 6.07) is 21.2. The number of hydrogen-bond donors (Lipinski definition) is 1. The molecule has 1 atom stereocenters. The summed E-state index contributed by atoms with van der Waals surface area (Å²) in [4.78, 5) is 2.39. The first-order valence-corrected chi connectivity index (χ1v) is 8.11. The summed E-state index contributed by atoms with van der Waals surface area (Å²) in [7, 11) is 0. The minimum Gasteiger partial charge on any atom is -0.395 e. The van der Waals surface area contributed by atoms with E-state index in [2.05, 4.69) is 67.3 Å². The minimum absolute atomic E-state index is 0.195. The Morgan fingerprint density at radius 1 is 0.818 bits per heavy atom. The molecule has 22 heavy (non-hydrogen) atoms. The molecule has 0 spiro atoms. The van der Waals surface area contributed by atoms with E-state index in [9.17, 15) is 5.11 Å². The van der Waals surface area contributed by atoms with Crippen molar-refractivity contribution in [3.8, 4) is 0 Å². The van der Waals surface area contributed by atoms with Gasteiger partial charge in [0.25, 0.3) is 0 Å². The van der Waals surface area contributed by atoms with Crippen LogP contribution in [0.25, 0.3) is 0 Å². The second-order valence-electron chi connectivity index (χ2n) is 6.34. The summed E-state index contributed by atoms with van der Waals surface area (Å²) in [5.41, 5.74) is 2.58. The van der Waals surface area contributed by atoms with Crippen LogP contribution >= 0.6 is 0 Å². The Kier molecular flexibility index (Phi) is 6.63. The van der Waals surface area contributed by atoms with Gasteiger partial charge < -0.3 is 5.11 Å². The molecular formula is C20H27NO. The van der Waals surface area contributed by atoms with E-state index >= 15 is 0 Å². The molecule has 0 aliphatic heterocycles. The van der Waals surface area contributed by atoms with E-state index in [0.29, 0.717) is 5.92 Å². The lowest BCUT2D eigenvalue weighted by atomic mass is 10.0. The molecule has 1 unspecified atom stereocenters. The van der Waals surface area contributed by atoms with E-state index in [0.717, 1.165) is 19.5 Å². The first-order chi connectivity index (χ1) is 10.7. The van der Waals surface area contributed by atoms with Crippen LogP contribution in [0.5, 0.6) is 0 Å². The van der Waals surface area contributed by atoms with E-state index in [1.54, 1.807) is 0 Å². The van der Waals surface area contributed by atoms with Gasteiger partial charge in [-0.2, -0.15) is 0 Å². The van der Waals surface area contributed by atoms with Crippen LogP contribution in [0.15, 0.2) is 60.7 Å². The third kappa shape index (κ3) is 5.28. The number of hydrogen-bond acceptors (Lipinski definition) is 2. The van der Waals surface area contributed by atoms with Crippen LogP contribution in [0.2, 0.25) is 0 Å². The van der Waals surface area contributed by atoms with Gasteiger partial charge in [0.15, 0.2) is 0 Å². The van der Waals surface area contributed by atoms with Gasteiger partial charge in [-0.3, -0.25) is 4.90 Å². The maximum Gasteiger partial charge on any atom is 0.0587 e. The maximum atomic E-state index is 9.86. The van der Waals surface area contributed by atoms with Crippen molar-refractivity contribution in [3.63, 3.8) is 0 Å². The molecule has 2 aromatic carbocycles. The highest BCUT2D eigenvalue weighted by molar-refractivity contribution is 5.17. The van der Waals surface area contributed by atoms with Crippen molar-refractivity contribution in [2.45, 2.75) is 39.4 Å². The Morgan fingerprint density at radius 2 is 1.27 bits per heavy atom. The molecule has 0 saturated heterocycles. The van der Waals surface area contributed by atoms with Gasteiger partial charge in [-0.1, -0.05) is 74.5 Å². The topological polar surface area (TPSA) is 23.5 Å². The summed E-state index contributed by atoms with van der Waals surface area (Å²) < 4.78 is 0. The van der Waals surface area contributed by atoms with E-state index in [4.69, 9.17) is 0 Å². The molecule has 0 aliphatic carbocycles. The van der Waals surface area contributed by atoms with Crippen LogP contribution in [0.3, 0.4) is 0 Å². The number of benzene rings is 2. The molecule has 1 N–H and O–H groups in total. The maximum absolute atomic E-state index is 9.86. The van der Waals surface area contributed by atoms with E-state index in [1.165, 1.54) is 11.1 Å². The summed E-state index contributed by atoms with van der Waals surface area (Å²) in [6.45, 7) is 6.37. The molecule has 0 saturated carbocycles. The monoisotopic (exact) mass is 297 g/mol. The van der Waals surface area contributed by atoms with Gasteiger partial charge in [-0.25, -0.2) is 0 Å². The molecule has 0 bridgehead atoms. The van der Waals surface area contributed by atoms with Crippen LogP contribution in [0, 0.1) is 5.92 Å². The molecule has 0 heterocycles. The molecule has 0 fully saturated rings. The highest BCUT2D eigenvalue weighted by atomic mass is 16.3. The molecule has 2 nitrogen and oxygen atoms in total. The van der Waals surface area contributed by atoms with Crippen molar-refractivity contribution < 1.29 is 5.11 Å². The van der Waals surface area contributed by atoms with Crippen LogP contribution in [0.4, 0.5) is 0 Å². The van der Waals surface area contributed by atoms with Crippen molar-refractivity contribution >= 4 is 0 Å². The standard InChI is InChI=1S/C20H27NO/c1-17(2)13-20(16-22)21(14-18-9-5-3-6-10-18)15-19-11-7-4-8-12-19/h3-12,17,20,22H,13-16H2,1-2H3. The van der Waals surface area contributed by atoms with Gasteiger partial charge in [0.2, 0.25) is 0 Å². The summed E-state index contributed by atoms with van der Waals surface area (Å²) >= 11 is 0. The van der Waals surface area contributed by atoms with Gasteiger partial charge in [-0.05, 0) is 23.5 Å². The molecule has 0 amide bonds. The minimum atomic E-state index is 0.195. The molecule has 2 heteroatoms. The van der Waals surface area contributed by atoms with E-state index in [1.807, 2.05) is 12.1 Å². The largest absolute Gasteiger partial charge is 0.395 e. The van der Waals surface area contributed by atoms with Crippen molar-refractivity contribution in [2.24, 2.45) is 5.92 Å². The number of nitrogens with zero attached hydrogens (tertiary/aromatic N) is 1. The first-order valence-electron chi connectivity index (χ1n) is 8.11. The van der Waals surface area contributed by atoms with Gasteiger partial charge in [0.1, 0.15) is 0 Å². The Morgan fingerprint density at radius 3 is 1.64 bits per heavy atom. The summed E-state index contributed by atoms with van der Waals surface area (Å²) in [5, 5.41) is 9.86. The lowest BCUT2D eigenvalue weighted by Gasteiger charge is -2.32. The molecule has 2 rings (SSSR count). The third-order valence-corrected chi connectivity index (χ3v) is 3.93. The normalized spacial score (nSPS) is 12.8. The Bertz CT molecular complexity index is 482. The Labute approximate surface area is 134 Å². The predicted molar refractivity (Wildman–Crippen MR) is 92.5 cm³/mol. The zero-order valence-corrected chi connectivity index (χ0v) is 13.7. The molecule has 2 aromatic rings. The van der Waals surface area contributed by atoms with Gasteiger partial charge in [0.05, 0.1) is 6.61 Å². The van der Waals surface area contributed by atoms with Crippen LogP contribution < -0.4 is 0 Å². The second-order valence-corrected chi connectivity index (χ2v) is 6.34. The van der Waals surface area contributed by atoms with Crippen molar-refractivity contribution in [2.75, 3.05) is 6.61 Å². The Balaban J connectivity index is 2.15. The second kappa shape index (κ2) is 8.72. The predicted octanol–water partition coefficient (Wildman–Crippen LogP) is 4.10. The molecule has 0 radical (unpaired) electrons. The lowest BCUT2D eigenvalue weighted by Crippen LogP contribution is -2.38. The lowest BCUT2D eigenvalue weighted by molar-refractivity contribution is 0.0941. The number of rotatable bonds is 8. The third-order valence-electron chi connectivity index (χ3n) is 3.93. The van der Waals surface area contributed by atoms with Gasteiger partial charge in [-0.15, -0.1) is 0 Å². The van der Waals surface area contributed by atoms with Crippen LogP contribution in [-0.2, 0) is 13.1 Å². The molecule has 0 aromatic heterocycles. The van der Waals surface area contributed by atoms with Crippen LogP contribution in [-0.4, -0.2) is 22.7 Å². The number of aliphatic hydroxyl groups excluding tert-OH is 1.